The van der Waals surface area contributed by atoms with Crippen molar-refractivity contribution in [3.63, 3.8) is 0 Å². The maximum absolute atomic E-state index is 3.87. The highest BCUT2D eigenvalue weighted by Gasteiger charge is 2.02. The van der Waals surface area contributed by atoms with Gasteiger partial charge < -0.3 is 0 Å². The smallest absolute Gasteiger partial charge is 0.0276 e. The zero-order valence-corrected chi connectivity index (χ0v) is 8.98. The fraction of sp³-hybridized carbons (Fsp3) is 0.462. The zero-order valence-electron chi connectivity index (χ0n) is 8.98. The summed E-state index contributed by atoms with van der Waals surface area (Å²) in [6.45, 7) is 10.5. The lowest BCUT2D eigenvalue weighted by Gasteiger charge is -2.10. The second-order valence-corrected chi connectivity index (χ2v) is 3.75. The summed E-state index contributed by atoms with van der Waals surface area (Å²) in [6, 6.07) is 4.48. The SMILES string of the molecule is [CH2]CCCc1ccc(C)c(C)c1C. The average molecular weight is 175 g/mol. The Balaban J connectivity index is 2.90. The molecule has 0 heteroatoms. The summed E-state index contributed by atoms with van der Waals surface area (Å²) in [4.78, 5) is 0. The molecular formula is C13H19. The van der Waals surface area contributed by atoms with Gasteiger partial charge in [-0.1, -0.05) is 25.5 Å². The Morgan fingerprint density at radius 1 is 1.08 bits per heavy atom. The van der Waals surface area contributed by atoms with Crippen LogP contribution in [0.1, 0.15) is 35.1 Å². The molecule has 0 atom stereocenters. The Morgan fingerprint density at radius 2 is 1.77 bits per heavy atom. The summed E-state index contributed by atoms with van der Waals surface area (Å²) >= 11 is 0. The second-order valence-electron chi connectivity index (χ2n) is 3.75. The van der Waals surface area contributed by atoms with Crippen LogP contribution in [0.25, 0.3) is 0 Å². The van der Waals surface area contributed by atoms with E-state index in [0.29, 0.717) is 0 Å². The van der Waals surface area contributed by atoms with E-state index in [4.69, 9.17) is 0 Å². The third-order valence-electron chi connectivity index (χ3n) is 2.87. The molecule has 0 amide bonds. The van der Waals surface area contributed by atoms with E-state index in [1.54, 1.807) is 0 Å². The van der Waals surface area contributed by atoms with E-state index in [-0.39, 0.29) is 0 Å². The van der Waals surface area contributed by atoms with Crippen LogP contribution in [0.3, 0.4) is 0 Å². The van der Waals surface area contributed by atoms with E-state index in [0.717, 1.165) is 6.42 Å². The van der Waals surface area contributed by atoms with Crippen molar-refractivity contribution in [1.29, 1.82) is 0 Å². The van der Waals surface area contributed by atoms with Gasteiger partial charge in [0.05, 0.1) is 0 Å². The largest absolute Gasteiger partial charge is 0.0588 e. The van der Waals surface area contributed by atoms with Gasteiger partial charge in [-0.05, 0) is 55.9 Å². The number of hydrogen-bond acceptors (Lipinski definition) is 0. The van der Waals surface area contributed by atoms with E-state index in [1.165, 1.54) is 35.1 Å². The average Bonchev–Trinajstić information content (AvgIpc) is 2.13. The van der Waals surface area contributed by atoms with Crippen LogP contribution in [0.5, 0.6) is 0 Å². The zero-order chi connectivity index (χ0) is 9.84. The number of rotatable bonds is 3. The number of hydrogen-bond donors (Lipinski definition) is 0. The molecule has 1 rings (SSSR count). The van der Waals surface area contributed by atoms with Crippen LogP contribution < -0.4 is 0 Å². The molecule has 0 aromatic heterocycles. The van der Waals surface area contributed by atoms with Gasteiger partial charge in [0.2, 0.25) is 0 Å². The molecule has 0 fully saturated rings. The lowest BCUT2D eigenvalue weighted by atomic mass is 9.96. The van der Waals surface area contributed by atoms with Crippen molar-refractivity contribution in [2.24, 2.45) is 0 Å². The third-order valence-corrected chi connectivity index (χ3v) is 2.87. The summed E-state index contributed by atoms with van der Waals surface area (Å²) < 4.78 is 0. The van der Waals surface area contributed by atoms with Crippen molar-refractivity contribution in [3.8, 4) is 0 Å². The molecule has 13 heavy (non-hydrogen) atoms. The summed E-state index contributed by atoms with van der Waals surface area (Å²) in [6.07, 6.45) is 3.41. The van der Waals surface area contributed by atoms with E-state index >= 15 is 0 Å². The van der Waals surface area contributed by atoms with Gasteiger partial charge in [0, 0.05) is 0 Å². The highest BCUT2D eigenvalue weighted by molar-refractivity contribution is 5.38. The fourth-order valence-corrected chi connectivity index (χ4v) is 1.60. The molecule has 0 aliphatic carbocycles. The minimum atomic E-state index is 1.03. The van der Waals surface area contributed by atoms with Crippen LogP contribution in [-0.2, 0) is 6.42 Å². The van der Waals surface area contributed by atoms with Crippen LogP contribution in [0, 0.1) is 27.7 Å². The summed E-state index contributed by atoms with van der Waals surface area (Å²) in [5.41, 5.74) is 5.80. The maximum Gasteiger partial charge on any atom is -0.0276 e. The fourth-order valence-electron chi connectivity index (χ4n) is 1.60. The quantitative estimate of drug-likeness (QED) is 0.656. The Kier molecular flexibility index (Phi) is 3.53. The first-order valence-corrected chi connectivity index (χ1v) is 5.01. The van der Waals surface area contributed by atoms with Crippen LogP contribution in [0.4, 0.5) is 0 Å². The molecule has 1 aromatic rings. The molecule has 0 saturated heterocycles. The number of benzene rings is 1. The highest BCUT2D eigenvalue weighted by Crippen LogP contribution is 2.18. The van der Waals surface area contributed by atoms with Crippen LogP contribution >= 0.6 is 0 Å². The minimum absolute atomic E-state index is 1.03. The summed E-state index contributed by atoms with van der Waals surface area (Å²) in [7, 11) is 0. The predicted octanol–water partition coefficient (Wildman–Crippen LogP) is 3.77. The maximum atomic E-state index is 3.87. The van der Waals surface area contributed by atoms with Crippen molar-refractivity contribution in [2.75, 3.05) is 0 Å². The van der Waals surface area contributed by atoms with Crippen LogP contribution in [0.15, 0.2) is 12.1 Å². The first-order valence-electron chi connectivity index (χ1n) is 5.01. The first-order chi connectivity index (χ1) is 6.16. The van der Waals surface area contributed by atoms with Crippen LogP contribution in [-0.4, -0.2) is 0 Å². The molecular weight excluding hydrogens is 156 g/mol. The minimum Gasteiger partial charge on any atom is -0.0588 e. The summed E-state index contributed by atoms with van der Waals surface area (Å²) in [5.74, 6) is 0. The van der Waals surface area contributed by atoms with Gasteiger partial charge in [0.1, 0.15) is 0 Å². The van der Waals surface area contributed by atoms with Gasteiger partial charge in [-0.25, -0.2) is 0 Å². The molecule has 0 N–H and O–H groups in total. The van der Waals surface area contributed by atoms with E-state index < -0.39 is 0 Å². The van der Waals surface area contributed by atoms with Gasteiger partial charge >= 0.3 is 0 Å². The number of unbranched alkanes of at least 4 members (excludes halogenated alkanes) is 1. The van der Waals surface area contributed by atoms with Crippen molar-refractivity contribution >= 4 is 0 Å². The van der Waals surface area contributed by atoms with Gasteiger partial charge in [-0.2, -0.15) is 0 Å². The molecule has 71 valence electrons. The van der Waals surface area contributed by atoms with E-state index in [1.807, 2.05) is 0 Å². The Bertz CT molecular complexity index is 284. The number of aryl methyl sites for hydroxylation is 2. The Morgan fingerprint density at radius 3 is 2.38 bits per heavy atom. The van der Waals surface area contributed by atoms with Crippen molar-refractivity contribution < 1.29 is 0 Å². The third kappa shape index (κ3) is 2.33. The van der Waals surface area contributed by atoms with Gasteiger partial charge in [-0.3, -0.25) is 0 Å². The predicted molar refractivity (Wildman–Crippen MR) is 58.9 cm³/mol. The monoisotopic (exact) mass is 175 g/mol. The van der Waals surface area contributed by atoms with Gasteiger partial charge in [-0.15, -0.1) is 0 Å². The highest BCUT2D eigenvalue weighted by atomic mass is 14.1. The normalized spacial score (nSPS) is 10.5. The molecule has 0 aliphatic heterocycles. The van der Waals surface area contributed by atoms with Gasteiger partial charge in [0.25, 0.3) is 0 Å². The Labute approximate surface area is 82.0 Å². The lowest BCUT2D eigenvalue weighted by molar-refractivity contribution is 0.833. The topological polar surface area (TPSA) is 0 Å². The molecule has 0 bridgehead atoms. The molecule has 0 nitrogen and oxygen atoms in total. The second kappa shape index (κ2) is 4.45. The molecule has 0 heterocycles. The van der Waals surface area contributed by atoms with E-state index in [2.05, 4.69) is 39.8 Å². The molecule has 0 aliphatic rings. The molecule has 1 aromatic carbocycles. The lowest BCUT2D eigenvalue weighted by Crippen LogP contribution is -1.94. The summed E-state index contributed by atoms with van der Waals surface area (Å²) in [5, 5.41) is 0. The van der Waals surface area contributed by atoms with Crippen molar-refractivity contribution in [3.05, 3.63) is 41.3 Å². The first kappa shape index (κ1) is 10.3. The van der Waals surface area contributed by atoms with Crippen LogP contribution in [0.2, 0.25) is 0 Å². The van der Waals surface area contributed by atoms with Gasteiger partial charge in [0.15, 0.2) is 0 Å². The Hall–Kier alpha value is -0.780. The van der Waals surface area contributed by atoms with Crippen molar-refractivity contribution in [2.45, 2.75) is 40.0 Å². The molecule has 0 saturated carbocycles. The molecule has 1 radical (unpaired) electrons. The van der Waals surface area contributed by atoms with Crippen molar-refractivity contribution in [1.82, 2.24) is 0 Å². The standard InChI is InChI=1S/C13H19/c1-5-6-7-13-9-8-10(2)11(3)12(13)4/h8-9H,1,5-7H2,2-4H3. The van der Waals surface area contributed by atoms with E-state index in [9.17, 15) is 0 Å². The molecule has 0 spiro atoms. The molecule has 0 unspecified atom stereocenters.